The molecule has 0 aromatic rings. The molecule has 2 atom stereocenters. The number of urea groups is 1. The molecule has 2 N–H and O–H groups in total. The monoisotopic (exact) mass is 297 g/mol. The SMILES string of the molecule is O=C1NC(=O)C2(CCCN(C(=O)C3CCCCS3)C2)N1. The molecule has 4 amide bonds. The van der Waals surface area contributed by atoms with Crippen LogP contribution in [-0.2, 0) is 9.59 Å². The van der Waals surface area contributed by atoms with Gasteiger partial charge in [-0.25, -0.2) is 4.79 Å². The maximum absolute atomic E-state index is 12.5. The highest BCUT2D eigenvalue weighted by atomic mass is 32.2. The van der Waals surface area contributed by atoms with Gasteiger partial charge in [-0.05, 0) is 31.4 Å². The number of rotatable bonds is 1. The maximum atomic E-state index is 12.5. The van der Waals surface area contributed by atoms with Gasteiger partial charge in [0.2, 0.25) is 5.91 Å². The Balaban J connectivity index is 1.70. The van der Waals surface area contributed by atoms with Crippen molar-refractivity contribution in [2.75, 3.05) is 18.8 Å². The Morgan fingerprint density at radius 3 is 2.80 bits per heavy atom. The lowest BCUT2D eigenvalue weighted by Crippen LogP contribution is -2.60. The Hall–Kier alpha value is -1.24. The highest BCUT2D eigenvalue weighted by molar-refractivity contribution is 8.00. The van der Waals surface area contributed by atoms with Crippen LogP contribution >= 0.6 is 11.8 Å². The van der Waals surface area contributed by atoms with Crippen molar-refractivity contribution >= 4 is 29.6 Å². The summed E-state index contributed by atoms with van der Waals surface area (Å²) in [5, 5.41) is 5.02. The molecule has 0 aromatic heterocycles. The Morgan fingerprint density at radius 2 is 2.15 bits per heavy atom. The van der Waals surface area contributed by atoms with E-state index in [1.807, 2.05) is 0 Å². The molecule has 3 aliphatic heterocycles. The van der Waals surface area contributed by atoms with Crippen LogP contribution in [0.1, 0.15) is 32.1 Å². The van der Waals surface area contributed by atoms with E-state index in [-0.39, 0.29) is 17.1 Å². The van der Waals surface area contributed by atoms with Gasteiger partial charge in [0.1, 0.15) is 5.54 Å². The maximum Gasteiger partial charge on any atom is 0.322 e. The van der Waals surface area contributed by atoms with E-state index < -0.39 is 11.6 Å². The van der Waals surface area contributed by atoms with Crippen molar-refractivity contribution in [1.29, 1.82) is 0 Å². The van der Waals surface area contributed by atoms with E-state index in [1.54, 1.807) is 16.7 Å². The number of hydrogen-bond donors (Lipinski definition) is 2. The number of hydrogen-bond acceptors (Lipinski definition) is 4. The molecule has 3 fully saturated rings. The van der Waals surface area contributed by atoms with Crippen LogP contribution in [0.25, 0.3) is 0 Å². The normalized spacial score (nSPS) is 34.0. The first-order valence-corrected chi connectivity index (χ1v) is 8.20. The third kappa shape index (κ3) is 2.39. The molecule has 6 nitrogen and oxygen atoms in total. The van der Waals surface area contributed by atoms with E-state index in [0.717, 1.165) is 25.0 Å². The second-order valence-electron chi connectivity index (χ2n) is 5.71. The number of carbonyl (C=O) groups excluding carboxylic acids is 3. The Labute approximate surface area is 122 Å². The third-order valence-corrected chi connectivity index (χ3v) is 5.64. The van der Waals surface area contributed by atoms with E-state index in [0.29, 0.717) is 19.5 Å². The summed E-state index contributed by atoms with van der Waals surface area (Å²) in [7, 11) is 0. The summed E-state index contributed by atoms with van der Waals surface area (Å²) in [5.41, 5.74) is -0.898. The molecule has 0 saturated carbocycles. The fourth-order valence-electron chi connectivity index (χ4n) is 3.20. The minimum absolute atomic E-state index is 0.0269. The number of thioether (sulfide) groups is 1. The average molecular weight is 297 g/mol. The number of likely N-dealkylation sites (tertiary alicyclic amines) is 1. The van der Waals surface area contributed by atoms with Gasteiger partial charge in [-0.3, -0.25) is 14.9 Å². The Morgan fingerprint density at radius 1 is 1.30 bits per heavy atom. The topological polar surface area (TPSA) is 78.5 Å². The van der Waals surface area contributed by atoms with Crippen LogP contribution in [0.15, 0.2) is 0 Å². The molecule has 2 unspecified atom stereocenters. The summed E-state index contributed by atoms with van der Waals surface area (Å²) in [6.07, 6.45) is 4.55. The summed E-state index contributed by atoms with van der Waals surface area (Å²) in [5.74, 6) is 0.867. The molecule has 20 heavy (non-hydrogen) atoms. The Bertz CT molecular complexity index is 450. The summed E-state index contributed by atoms with van der Waals surface area (Å²) < 4.78 is 0. The zero-order chi connectivity index (χ0) is 14.2. The van der Waals surface area contributed by atoms with Crippen LogP contribution in [0.2, 0.25) is 0 Å². The third-order valence-electron chi connectivity index (χ3n) is 4.27. The number of nitrogens with zero attached hydrogens (tertiary/aromatic N) is 1. The summed E-state index contributed by atoms with van der Waals surface area (Å²) >= 11 is 1.72. The number of amides is 4. The first-order valence-electron chi connectivity index (χ1n) is 7.15. The molecule has 0 bridgehead atoms. The number of nitrogens with one attached hydrogen (secondary N) is 2. The average Bonchev–Trinajstić information content (AvgIpc) is 2.73. The van der Waals surface area contributed by atoms with E-state index in [9.17, 15) is 14.4 Å². The van der Waals surface area contributed by atoms with Crippen molar-refractivity contribution in [2.24, 2.45) is 0 Å². The molecule has 110 valence electrons. The lowest BCUT2D eigenvalue weighted by molar-refractivity contribution is -0.135. The van der Waals surface area contributed by atoms with Gasteiger partial charge in [0.25, 0.3) is 5.91 Å². The van der Waals surface area contributed by atoms with Crippen molar-refractivity contribution in [2.45, 2.75) is 42.9 Å². The van der Waals surface area contributed by atoms with Crippen molar-refractivity contribution < 1.29 is 14.4 Å². The smallest absolute Gasteiger partial charge is 0.322 e. The molecular formula is C13H19N3O3S. The molecule has 3 heterocycles. The molecule has 3 saturated heterocycles. The highest BCUT2D eigenvalue weighted by Crippen LogP contribution is 2.30. The summed E-state index contributed by atoms with van der Waals surface area (Å²) in [6.45, 7) is 0.987. The van der Waals surface area contributed by atoms with Crippen molar-refractivity contribution in [3.05, 3.63) is 0 Å². The van der Waals surface area contributed by atoms with E-state index in [4.69, 9.17) is 0 Å². The van der Waals surface area contributed by atoms with E-state index >= 15 is 0 Å². The molecule has 0 radical (unpaired) electrons. The molecule has 1 spiro atoms. The fourth-order valence-corrected chi connectivity index (χ4v) is 4.48. The number of carbonyl (C=O) groups is 3. The number of piperidine rings is 1. The minimum atomic E-state index is -0.898. The van der Waals surface area contributed by atoms with Crippen LogP contribution in [0.5, 0.6) is 0 Å². The minimum Gasteiger partial charge on any atom is -0.339 e. The molecular weight excluding hydrogens is 278 g/mol. The first-order chi connectivity index (χ1) is 9.61. The molecule has 0 aliphatic carbocycles. The summed E-state index contributed by atoms with van der Waals surface area (Å²) in [6, 6.07) is -0.448. The Kier molecular flexibility index (Phi) is 3.62. The van der Waals surface area contributed by atoms with Gasteiger partial charge in [-0.2, -0.15) is 0 Å². The van der Waals surface area contributed by atoms with Crippen LogP contribution < -0.4 is 10.6 Å². The zero-order valence-corrected chi connectivity index (χ0v) is 12.1. The van der Waals surface area contributed by atoms with Crippen LogP contribution in [0, 0.1) is 0 Å². The van der Waals surface area contributed by atoms with Crippen LogP contribution in [0.4, 0.5) is 4.79 Å². The second kappa shape index (κ2) is 5.27. The van der Waals surface area contributed by atoms with Gasteiger partial charge in [0.05, 0.1) is 11.8 Å². The predicted octanol–water partition coefficient (Wildman–Crippen LogP) is 0.473. The van der Waals surface area contributed by atoms with E-state index in [1.165, 1.54) is 6.42 Å². The second-order valence-corrected chi connectivity index (χ2v) is 7.02. The first kappa shape index (κ1) is 13.7. The van der Waals surface area contributed by atoms with Gasteiger partial charge in [0, 0.05) is 6.54 Å². The molecule has 3 aliphatic rings. The standard InChI is InChI=1S/C13H19N3O3S/c17-10(9-4-1-2-7-20-9)16-6-3-5-13(8-16)11(18)14-12(19)15-13/h9H,1-8H2,(H2,14,15,18,19). The fraction of sp³-hybridized carbons (Fsp3) is 0.769. The quantitative estimate of drug-likeness (QED) is 0.690. The molecule has 3 rings (SSSR count). The lowest BCUT2D eigenvalue weighted by Gasteiger charge is -2.39. The molecule has 0 aromatic carbocycles. The van der Waals surface area contributed by atoms with E-state index in [2.05, 4.69) is 10.6 Å². The largest absolute Gasteiger partial charge is 0.339 e. The highest BCUT2D eigenvalue weighted by Gasteiger charge is 2.49. The van der Waals surface area contributed by atoms with Crippen molar-refractivity contribution in [3.63, 3.8) is 0 Å². The van der Waals surface area contributed by atoms with Crippen molar-refractivity contribution in [3.8, 4) is 0 Å². The van der Waals surface area contributed by atoms with Crippen molar-refractivity contribution in [1.82, 2.24) is 15.5 Å². The van der Waals surface area contributed by atoms with Gasteiger partial charge >= 0.3 is 6.03 Å². The van der Waals surface area contributed by atoms with Crippen LogP contribution in [-0.4, -0.2) is 52.4 Å². The van der Waals surface area contributed by atoms with Gasteiger partial charge in [-0.1, -0.05) is 6.42 Å². The van der Waals surface area contributed by atoms with Gasteiger partial charge in [-0.15, -0.1) is 11.8 Å². The zero-order valence-electron chi connectivity index (χ0n) is 11.3. The van der Waals surface area contributed by atoms with Gasteiger partial charge in [0.15, 0.2) is 0 Å². The van der Waals surface area contributed by atoms with Gasteiger partial charge < -0.3 is 10.2 Å². The number of imide groups is 1. The summed E-state index contributed by atoms with van der Waals surface area (Å²) in [4.78, 5) is 37.6. The van der Waals surface area contributed by atoms with Crippen LogP contribution in [0.3, 0.4) is 0 Å². The predicted molar refractivity (Wildman–Crippen MR) is 75.3 cm³/mol. The lowest BCUT2D eigenvalue weighted by atomic mass is 9.89. The molecule has 7 heteroatoms.